The molecule has 5 heteroatoms. The van der Waals surface area contributed by atoms with Gasteiger partial charge in [-0.3, -0.25) is 9.59 Å². The van der Waals surface area contributed by atoms with Crippen molar-refractivity contribution < 1.29 is 14.3 Å². The van der Waals surface area contributed by atoms with E-state index in [-0.39, 0.29) is 24.4 Å². The lowest BCUT2D eigenvalue weighted by atomic mass is 10.1. The number of ether oxygens (including phenoxy) is 1. The van der Waals surface area contributed by atoms with Gasteiger partial charge < -0.3 is 15.0 Å². The highest BCUT2D eigenvalue weighted by molar-refractivity contribution is 5.94. The van der Waals surface area contributed by atoms with E-state index in [1.165, 1.54) is 0 Å². The molecule has 1 aliphatic heterocycles. The lowest BCUT2D eigenvalue weighted by Gasteiger charge is -2.32. The fourth-order valence-corrected chi connectivity index (χ4v) is 1.97. The first-order valence-corrected chi connectivity index (χ1v) is 6.85. The summed E-state index contributed by atoms with van der Waals surface area (Å²) in [6.07, 6.45) is 3.73. The molecule has 0 saturated carbocycles. The summed E-state index contributed by atoms with van der Waals surface area (Å²) in [7, 11) is 0. The van der Waals surface area contributed by atoms with E-state index in [0.717, 1.165) is 25.9 Å². The van der Waals surface area contributed by atoms with Crippen molar-refractivity contribution in [3.8, 4) is 0 Å². The van der Waals surface area contributed by atoms with E-state index in [9.17, 15) is 9.59 Å². The van der Waals surface area contributed by atoms with E-state index in [1.54, 1.807) is 4.90 Å². The molecule has 0 aromatic heterocycles. The Labute approximate surface area is 109 Å². The number of carbonyl (C=O) groups is 2. The Balaban J connectivity index is 2.34. The van der Waals surface area contributed by atoms with Gasteiger partial charge in [0.25, 0.3) is 0 Å². The molecule has 0 bridgehead atoms. The predicted octanol–water partition coefficient (Wildman–Crippen LogP) is 0.930. The first-order chi connectivity index (χ1) is 8.69. The fraction of sp³-hybridized carbons (Fsp3) is 0.846. The average molecular weight is 256 g/mol. The van der Waals surface area contributed by atoms with Gasteiger partial charge in [0.05, 0.1) is 13.2 Å². The van der Waals surface area contributed by atoms with Crippen LogP contribution >= 0.6 is 0 Å². The molecule has 1 aliphatic rings. The SMILES string of the molecule is CCCCOCCN1CC(=O)NC(CCC)C1=O. The van der Waals surface area contributed by atoms with Crippen molar-refractivity contribution in [1.29, 1.82) is 0 Å². The Morgan fingerprint density at radius 1 is 1.28 bits per heavy atom. The summed E-state index contributed by atoms with van der Waals surface area (Å²) in [5.74, 6) is -0.0443. The highest BCUT2D eigenvalue weighted by Crippen LogP contribution is 2.07. The molecule has 1 saturated heterocycles. The lowest BCUT2D eigenvalue weighted by Crippen LogP contribution is -2.58. The first-order valence-electron chi connectivity index (χ1n) is 6.85. The molecule has 18 heavy (non-hydrogen) atoms. The largest absolute Gasteiger partial charge is 0.380 e. The molecule has 0 radical (unpaired) electrons. The summed E-state index contributed by atoms with van der Waals surface area (Å²) in [4.78, 5) is 25.1. The normalized spacial score (nSPS) is 20.1. The summed E-state index contributed by atoms with van der Waals surface area (Å²) in [5, 5.41) is 2.74. The van der Waals surface area contributed by atoms with Crippen LogP contribution in [0.15, 0.2) is 0 Å². The van der Waals surface area contributed by atoms with Crippen LogP contribution in [0.25, 0.3) is 0 Å². The fourth-order valence-electron chi connectivity index (χ4n) is 1.97. The van der Waals surface area contributed by atoms with Crippen LogP contribution in [0.5, 0.6) is 0 Å². The molecule has 1 heterocycles. The number of carbonyl (C=O) groups excluding carboxylic acids is 2. The Morgan fingerprint density at radius 2 is 2.06 bits per heavy atom. The summed E-state index contributed by atoms with van der Waals surface area (Å²) in [5.41, 5.74) is 0. The second-order valence-corrected chi connectivity index (χ2v) is 4.63. The number of nitrogens with zero attached hydrogens (tertiary/aromatic N) is 1. The third kappa shape index (κ3) is 4.64. The van der Waals surface area contributed by atoms with E-state index in [0.29, 0.717) is 19.6 Å². The summed E-state index contributed by atoms with van der Waals surface area (Å²) in [6.45, 7) is 6.02. The maximum Gasteiger partial charge on any atom is 0.245 e. The van der Waals surface area contributed by atoms with Crippen molar-refractivity contribution >= 4 is 11.8 Å². The minimum Gasteiger partial charge on any atom is -0.380 e. The van der Waals surface area contributed by atoms with Gasteiger partial charge in [-0.25, -0.2) is 0 Å². The van der Waals surface area contributed by atoms with Gasteiger partial charge in [0.2, 0.25) is 11.8 Å². The van der Waals surface area contributed by atoms with Crippen molar-refractivity contribution in [3.63, 3.8) is 0 Å². The molecular formula is C13H24N2O3. The number of unbranched alkanes of at least 4 members (excludes halogenated alkanes) is 1. The molecule has 0 aromatic rings. The standard InChI is InChI=1S/C13H24N2O3/c1-3-5-8-18-9-7-15-10-12(16)14-11(6-4-2)13(15)17/h11H,3-10H2,1-2H3,(H,14,16). The third-order valence-electron chi connectivity index (χ3n) is 3.00. The van der Waals surface area contributed by atoms with Crippen LogP contribution in [0, 0.1) is 0 Å². The maximum atomic E-state index is 12.0. The predicted molar refractivity (Wildman–Crippen MR) is 69.1 cm³/mol. The zero-order valence-electron chi connectivity index (χ0n) is 11.4. The first kappa shape index (κ1) is 15.0. The van der Waals surface area contributed by atoms with Gasteiger partial charge >= 0.3 is 0 Å². The zero-order valence-corrected chi connectivity index (χ0v) is 11.4. The van der Waals surface area contributed by atoms with Gasteiger partial charge in [0, 0.05) is 13.2 Å². The molecular weight excluding hydrogens is 232 g/mol. The number of hydrogen-bond acceptors (Lipinski definition) is 3. The second-order valence-electron chi connectivity index (χ2n) is 4.63. The monoisotopic (exact) mass is 256 g/mol. The van der Waals surface area contributed by atoms with Crippen LogP contribution < -0.4 is 5.32 Å². The van der Waals surface area contributed by atoms with Crippen LogP contribution in [0.1, 0.15) is 39.5 Å². The highest BCUT2D eigenvalue weighted by atomic mass is 16.5. The Kier molecular flexibility index (Phi) is 6.72. The molecule has 104 valence electrons. The Hall–Kier alpha value is -1.10. The van der Waals surface area contributed by atoms with Crippen molar-refractivity contribution in [3.05, 3.63) is 0 Å². The summed E-state index contributed by atoms with van der Waals surface area (Å²) >= 11 is 0. The van der Waals surface area contributed by atoms with E-state index in [4.69, 9.17) is 4.74 Å². The number of rotatable bonds is 8. The Morgan fingerprint density at radius 3 is 2.72 bits per heavy atom. The number of amides is 2. The van der Waals surface area contributed by atoms with E-state index in [1.807, 2.05) is 6.92 Å². The molecule has 0 aliphatic carbocycles. The van der Waals surface area contributed by atoms with Gasteiger partial charge in [-0.05, 0) is 12.8 Å². The zero-order chi connectivity index (χ0) is 13.4. The summed E-state index contributed by atoms with van der Waals surface area (Å²) < 4.78 is 5.43. The minimum absolute atomic E-state index is 0.0236. The number of piperazine rings is 1. The smallest absolute Gasteiger partial charge is 0.245 e. The van der Waals surface area contributed by atoms with Gasteiger partial charge in [0.15, 0.2) is 0 Å². The quantitative estimate of drug-likeness (QED) is 0.657. The average Bonchev–Trinajstić information content (AvgIpc) is 2.34. The van der Waals surface area contributed by atoms with Crippen molar-refractivity contribution in [2.75, 3.05) is 26.3 Å². The van der Waals surface area contributed by atoms with Crippen LogP contribution in [-0.2, 0) is 14.3 Å². The molecule has 5 nitrogen and oxygen atoms in total. The van der Waals surface area contributed by atoms with Crippen LogP contribution in [0.3, 0.4) is 0 Å². The molecule has 1 unspecified atom stereocenters. The molecule has 0 spiro atoms. The number of hydrogen-bond donors (Lipinski definition) is 1. The lowest BCUT2D eigenvalue weighted by molar-refractivity contribution is -0.145. The minimum atomic E-state index is -0.341. The Bertz CT molecular complexity index is 281. The molecule has 1 N–H and O–H groups in total. The van der Waals surface area contributed by atoms with Crippen molar-refractivity contribution in [2.45, 2.75) is 45.6 Å². The molecule has 1 atom stereocenters. The van der Waals surface area contributed by atoms with E-state index < -0.39 is 0 Å². The van der Waals surface area contributed by atoms with E-state index >= 15 is 0 Å². The molecule has 0 aromatic carbocycles. The van der Waals surface area contributed by atoms with Crippen molar-refractivity contribution in [1.82, 2.24) is 10.2 Å². The van der Waals surface area contributed by atoms with Gasteiger partial charge in [-0.1, -0.05) is 26.7 Å². The maximum absolute atomic E-state index is 12.0. The second kappa shape index (κ2) is 8.08. The van der Waals surface area contributed by atoms with E-state index in [2.05, 4.69) is 12.2 Å². The van der Waals surface area contributed by atoms with Gasteiger partial charge in [-0.2, -0.15) is 0 Å². The van der Waals surface area contributed by atoms with Crippen LogP contribution in [0.2, 0.25) is 0 Å². The van der Waals surface area contributed by atoms with Crippen molar-refractivity contribution in [2.24, 2.45) is 0 Å². The summed E-state index contributed by atoms with van der Waals surface area (Å²) in [6, 6.07) is -0.341. The third-order valence-corrected chi connectivity index (χ3v) is 3.00. The highest BCUT2D eigenvalue weighted by Gasteiger charge is 2.31. The number of nitrogens with one attached hydrogen (secondary N) is 1. The molecule has 2 amide bonds. The van der Waals surface area contributed by atoms with Crippen LogP contribution in [-0.4, -0.2) is 49.1 Å². The van der Waals surface area contributed by atoms with Crippen LogP contribution in [0.4, 0.5) is 0 Å². The van der Waals surface area contributed by atoms with Gasteiger partial charge in [0.1, 0.15) is 6.04 Å². The van der Waals surface area contributed by atoms with Gasteiger partial charge in [-0.15, -0.1) is 0 Å². The molecule has 1 rings (SSSR count). The topological polar surface area (TPSA) is 58.6 Å². The molecule has 1 fully saturated rings.